The minimum absolute atomic E-state index is 0.0946. The molecule has 3 heterocycles. The van der Waals surface area contributed by atoms with Crippen molar-refractivity contribution in [2.45, 2.75) is 19.0 Å². The van der Waals surface area contributed by atoms with E-state index in [9.17, 15) is 18.3 Å². The van der Waals surface area contributed by atoms with Gasteiger partial charge in [0.15, 0.2) is 9.84 Å². The van der Waals surface area contributed by atoms with Crippen molar-refractivity contribution in [3.05, 3.63) is 58.4 Å². The van der Waals surface area contributed by atoms with Gasteiger partial charge in [-0.1, -0.05) is 12.1 Å². The van der Waals surface area contributed by atoms with Crippen molar-refractivity contribution in [2.24, 2.45) is 0 Å². The number of benzene rings is 2. The lowest BCUT2D eigenvalue weighted by Gasteiger charge is -2.37. The molecule has 0 saturated carbocycles. The van der Waals surface area contributed by atoms with Crippen LogP contribution in [0.1, 0.15) is 12.0 Å². The number of phenolic OH excluding ortho intramolecular Hbond substituents is 1. The molecule has 2 aromatic carbocycles. The third-order valence-electron chi connectivity index (χ3n) is 6.93. The smallest absolute Gasteiger partial charge is 0.200 e. The van der Waals surface area contributed by atoms with Crippen molar-refractivity contribution < 1.29 is 22.7 Å². The Hall–Kier alpha value is -2.88. The number of piperazine rings is 1. The largest absolute Gasteiger partial charge is 0.507 e. The van der Waals surface area contributed by atoms with Gasteiger partial charge < -0.3 is 14.3 Å². The van der Waals surface area contributed by atoms with Crippen LogP contribution in [-0.4, -0.2) is 74.2 Å². The maximum absolute atomic E-state index is 13.2. The molecule has 0 radical (unpaired) electrons. The summed E-state index contributed by atoms with van der Waals surface area (Å²) in [5, 5.41) is 11.0. The Bertz CT molecular complexity index is 1360. The zero-order valence-corrected chi connectivity index (χ0v) is 19.9. The molecule has 0 amide bonds. The second-order valence-corrected chi connectivity index (χ2v) is 11.2. The van der Waals surface area contributed by atoms with Gasteiger partial charge in [-0.3, -0.25) is 14.6 Å². The summed E-state index contributed by atoms with van der Waals surface area (Å²) in [6, 6.07) is 10.5. The molecule has 1 aromatic heterocycles. The molecule has 2 aliphatic heterocycles. The van der Waals surface area contributed by atoms with Crippen molar-refractivity contribution in [3.63, 3.8) is 0 Å². The first-order valence-electron chi connectivity index (χ1n) is 11.4. The molecule has 3 aromatic rings. The molecule has 180 valence electrons. The fourth-order valence-electron chi connectivity index (χ4n) is 4.94. The predicted molar refractivity (Wildman–Crippen MR) is 130 cm³/mol. The summed E-state index contributed by atoms with van der Waals surface area (Å²) in [7, 11) is -1.32. The summed E-state index contributed by atoms with van der Waals surface area (Å²) >= 11 is 0. The van der Waals surface area contributed by atoms with Crippen LogP contribution in [0.4, 0.5) is 0 Å². The van der Waals surface area contributed by atoms with Crippen LogP contribution in [0.3, 0.4) is 0 Å². The molecule has 0 bridgehead atoms. The number of hydrogen-bond acceptors (Lipinski definition) is 8. The van der Waals surface area contributed by atoms with Crippen molar-refractivity contribution in [3.8, 4) is 22.6 Å². The number of methoxy groups -OCH3 is 1. The Labute approximate surface area is 198 Å². The summed E-state index contributed by atoms with van der Waals surface area (Å²) in [5.74, 6) is 1.32. The van der Waals surface area contributed by atoms with Gasteiger partial charge in [0.1, 0.15) is 23.3 Å². The van der Waals surface area contributed by atoms with Gasteiger partial charge in [0.05, 0.1) is 35.1 Å². The molecule has 9 heteroatoms. The van der Waals surface area contributed by atoms with E-state index >= 15 is 0 Å². The summed E-state index contributed by atoms with van der Waals surface area (Å²) in [6.45, 7) is 3.50. The average molecular weight is 485 g/mol. The van der Waals surface area contributed by atoms with Crippen LogP contribution in [0.25, 0.3) is 22.1 Å². The molecule has 0 unspecified atom stereocenters. The topological polar surface area (TPSA) is 100 Å². The van der Waals surface area contributed by atoms with E-state index in [0.29, 0.717) is 40.8 Å². The number of sulfone groups is 1. The highest BCUT2D eigenvalue weighted by Crippen LogP contribution is 2.30. The van der Waals surface area contributed by atoms with E-state index in [1.807, 2.05) is 12.1 Å². The monoisotopic (exact) mass is 484 g/mol. The standard InChI is InChI=1S/C25H28N2O6S/c1-32-19-4-2-17(3-5-19)22-15-33-25-20(24(22)29)6-7-23(28)21(25)14-26-9-11-27(12-10-26)18-8-13-34(30,31)16-18/h2-7,15,18,28H,8-14,16H2,1H3/t18-/m0/s1. The normalized spacial score (nSPS) is 21.1. The molecule has 2 aliphatic rings. The number of aromatic hydroxyl groups is 1. The third-order valence-corrected chi connectivity index (χ3v) is 8.68. The van der Waals surface area contributed by atoms with Gasteiger partial charge >= 0.3 is 0 Å². The van der Waals surface area contributed by atoms with Crippen LogP contribution >= 0.6 is 0 Å². The number of phenols is 1. The van der Waals surface area contributed by atoms with Gasteiger partial charge in [-0.05, 0) is 36.2 Å². The lowest BCUT2D eigenvalue weighted by Crippen LogP contribution is -2.50. The first-order chi connectivity index (χ1) is 16.3. The van der Waals surface area contributed by atoms with Crippen molar-refractivity contribution >= 4 is 20.8 Å². The van der Waals surface area contributed by atoms with Gasteiger partial charge in [0.2, 0.25) is 5.43 Å². The Morgan fingerprint density at radius 2 is 1.82 bits per heavy atom. The molecule has 1 atom stereocenters. The Morgan fingerprint density at radius 1 is 1.09 bits per heavy atom. The summed E-state index contributed by atoms with van der Waals surface area (Å²) in [4.78, 5) is 17.7. The minimum atomic E-state index is -2.90. The van der Waals surface area contributed by atoms with E-state index in [2.05, 4.69) is 9.80 Å². The van der Waals surface area contributed by atoms with Crippen LogP contribution in [-0.2, 0) is 16.4 Å². The first-order valence-corrected chi connectivity index (χ1v) is 13.2. The highest BCUT2D eigenvalue weighted by atomic mass is 32.2. The summed E-state index contributed by atoms with van der Waals surface area (Å²) < 4.78 is 34.7. The maximum Gasteiger partial charge on any atom is 0.200 e. The first kappa shape index (κ1) is 22.9. The molecule has 0 aliphatic carbocycles. The van der Waals surface area contributed by atoms with Crippen LogP contribution in [0.5, 0.6) is 11.5 Å². The molecule has 5 rings (SSSR count). The van der Waals surface area contributed by atoms with Crippen LogP contribution in [0, 0.1) is 0 Å². The van der Waals surface area contributed by atoms with Crippen LogP contribution in [0.2, 0.25) is 0 Å². The molecule has 34 heavy (non-hydrogen) atoms. The SMILES string of the molecule is COc1ccc(-c2coc3c(CN4CCN([C@H]5CCS(=O)(=O)C5)CC4)c(O)ccc3c2=O)cc1. The number of fused-ring (bicyclic) bond motifs is 1. The molecular formula is C25H28N2O6S. The van der Waals surface area contributed by atoms with Crippen molar-refractivity contribution in [1.82, 2.24) is 9.80 Å². The third kappa shape index (κ3) is 4.43. The van der Waals surface area contributed by atoms with Crippen LogP contribution < -0.4 is 10.2 Å². The minimum Gasteiger partial charge on any atom is -0.507 e. The zero-order valence-electron chi connectivity index (χ0n) is 19.1. The predicted octanol–water partition coefficient (Wildman–Crippen LogP) is 2.48. The van der Waals surface area contributed by atoms with Gasteiger partial charge in [-0.15, -0.1) is 0 Å². The highest BCUT2D eigenvalue weighted by molar-refractivity contribution is 7.91. The van der Waals surface area contributed by atoms with Crippen LogP contribution in [0.15, 0.2) is 51.9 Å². The summed E-state index contributed by atoms with van der Waals surface area (Å²) in [5.41, 5.74) is 2.02. The fourth-order valence-corrected chi connectivity index (χ4v) is 6.70. The number of hydrogen-bond donors (Lipinski definition) is 1. The lowest BCUT2D eigenvalue weighted by atomic mass is 10.0. The van der Waals surface area contributed by atoms with E-state index in [4.69, 9.17) is 9.15 Å². The van der Waals surface area contributed by atoms with Gasteiger partial charge in [0.25, 0.3) is 0 Å². The number of ether oxygens (including phenoxy) is 1. The van der Waals surface area contributed by atoms with Crippen molar-refractivity contribution in [2.75, 3.05) is 44.8 Å². The fraction of sp³-hybridized carbons (Fsp3) is 0.400. The molecule has 1 N–H and O–H groups in total. The van der Waals surface area contributed by atoms with E-state index < -0.39 is 9.84 Å². The molecule has 2 saturated heterocycles. The van der Waals surface area contributed by atoms with Gasteiger partial charge in [-0.2, -0.15) is 0 Å². The highest BCUT2D eigenvalue weighted by Gasteiger charge is 2.33. The maximum atomic E-state index is 13.2. The molecule has 8 nitrogen and oxygen atoms in total. The number of nitrogens with zero attached hydrogens (tertiary/aromatic N) is 2. The zero-order chi connectivity index (χ0) is 23.9. The van der Waals surface area contributed by atoms with E-state index in [1.54, 1.807) is 31.4 Å². The Balaban J connectivity index is 1.36. The number of rotatable bonds is 5. The van der Waals surface area contributed by atoms with Gasteiger partial charge in [0, 0.05) is 38.8 Å². The van der Waals surface area contributed by atoms with Crippen molar-refractivity contribution in [1.29, 1.82) is 0 Å². The molecule has 2 fully saturated rings. The molecular weight excluding hydrogens is 456 g/mol. The van der Waals surface area contributed by atoms with E-state index in [0.717, 1.165) is 31.7 Å². The van der Waals surface area contributed by atoms with E-state index in [1.165, 1.54) is 6.26 Å². The molecule has 0 spiro atoms. The average Bonchev–Trinajstić information content (AvgIpc) is 3.21. The quantitative estimate of drug-likeness (QED) is 0.590. The summed E-state index contributed by atoms with van der Waals surface area (Å²) in [6.07, 6.45) is 2.15. The Kier molecular flexibility index (Phi) is 6.09. The van der Waals surface area contributed by atoms with Gasteiger partial charge in [-0.25, -0.2) is 8.42 Å². The second kappa shape index (κ2) is 9.05. The lowest BCUT2D eigenvalue weighted by molar-refractivity contribution is 0.0996. The second-order valence-electron chi connectivity index (χ2n) is 9.02. The Morgan fingerprint density at radius 3 is 2.47 bits per heavy atom. The van der Waals surface area contributed by atoms with E-state index in [-0.39, 0.29) is 28.7 Å².